The summed E-state index contributed by atoms with van der Waals surface area (Å²) in [7, 11) is 0. The summed E-state index contributed by atoms with van der Waals surface area (Å²) in [4.78, 5) is 13.7. The summed E-state index contributed by atoms with van der Waals surface area (Å²) >= 11 is 9.45. The van der Waals surface area contributed by atoms with Crippen LogP contribution in [-0.4, -0.2) is 19.0 Å². The van der Waals surface area contributed by atoms with Crippen molar-refractivity contribution in [1.82, 2.24) is 0 Å². The standard InChI is InChI=1S/C12H14BrClN2O/c1-7-2-9(13)10(14)4-11(7)16-6-8(5-15)3-12(16)17/h2,4,8H,3,5-6,15H2,1H3. The molecular formula is C12H14BrClN2O. The second-order valence-electron chi connectivity index (χ2n) is 4.36. The molecule has 1 fully saturated rings. The zero-order chi connectivity index (χ0) is 12.6. The van der Waals surface area contributed by atoms with Gasteiger partial charge in [-0.25, -0.2) is 0 Å². The zero-order valence-electron chi connectivity index (χ0n) is 9.54. The van der Waals surface area contributed by atoms with Crippen molar-refractivity contribution in [2.45, 2.75) is 13.3 Å². The lowest BCUT2D eigenvalue weighted by Gasteiger charge is -2.19. The maximum absolute atomic E-state index is 11.9. The third-order valence-electron chi connectivity index (χ3n) is 3.07. The fourth-order valence-electron chi connectivity index (χ4n) is 2.10. The largest absolute Gasteiger partial charge is 0.330 e. The van der Waals surface area contributed by atoms with Crippen LogP contribution in [0.5, 0.6) is 0 Å². The van der Waals surface area contributed by atoms with Crippen molar-refractivity contribution in [2.24, 2.45) is 11.7 Å². The van der Waals surface area contributed by atoms with Gasteiger partial charge in [0.15, 0.2) is 0 Å². The molecule has 0 saturated carbocycles. The first kappa shape index (κ1) is 12.9. The predicted molar refractivity (Wildman–Crippen MR) is 73.4 cm³/mol. The molecule has 1 aliphatic heterocycles. The monoisotopic (exact) mass is 316 g/mol. The van der Waals surface area contributed by atoms with E-state index in [0.717, 1.165) is 15.7 Å². The predicted octanol–water partition coefficient (Wildman–Crippen LogP) is 2.72. The van der Waals surface area contributed by atoms with E-state index < -0.39 is 0 Å². The molecule has 92 valence electrons. The average molecular weight is 318 g/mol. The van der Waals surface area contributed by atoms with Gasteiger partial charge in [-0.05, 0) is 53.0 Å². The molecule has 1 heterocycles. The molecule has 0 radical (unpaired) electrons. The molecule has 1 atom stereocenters. The van der Waals surface area contributed by atoms with E-state index in [4.69, 9.17) is 17.3 Å². The highest BCUT2D eigenvalue weighted by atomic mass is 79.9. The van der Waals surface area contributed by atoms with E-state index in [1.807, 2.05) is 19.1 Å². The lowest BCUT2D eigenvalue weighted by atomic mass is 10.1. The molecule has 2 N–H and O–H groups in total. The van der Waals surface area contributed by atoms with Crippen molar-refractivity contribution in [3.05, 3.63) is 27.2 Å². The highest BCUT2D eigenvalue weighted by molar-refractivity contribution is 9.10. The molecular weight excluding hydrogens is 304 g/mol. The Labute approximate surface area is 114 Å². The molecule has 1 amide bonds. The Hall–Kier alpha value is -0.580. The van der Waals surface area contributed by atoms with Gasteiger partial charge >= 0.3 is 0 Å². The van der Waals surface area contributed by atoms with Crippen LogP contribution in [0, 0.1) is 12.8 Å². The molecule has 1 saturated heterocycles. The number of rotatable bonds is 2. The van der Waals surface area contributed by atoms with E-state index >= 15 is 0 Å². The molecule has 1 unspecified atom stereocenters. The summed E-state index contributed by atoms with van der Waals surface area (Å²) in [5.41, 5.74) is 7.54. The molecule has 0 aliphatic carbocycles. The van der Waals surface area contributed by atoms with E-state index in [9.17, 15) is 4.79 Å². The quantitative estimate of drug-likeness (QED) is 0.911. The maximum Gasteiger partial charge on any atom is 0.227 e. The number of carbonyl (C=O) groups excluding carboxylic acids is 1. The number of aryl methyl sites for hydroxylation is 1. The maximum atomic E-state index is 11.9. The topological polar surface area (TPSA) is 46.3 Å². The van der Waals surface area contributed by atoms with E-state index in [-0.39, 0.29) is 11.8 Å². The smallest absolute Gasteiger partial charge is 0.227 e. The van der Waals surface area contributed by atoms with Crippen LogP contribution in [0.2, 0.25) is 5.02 Å². The molecule has 0 spiro atoms. The number of benzene rings is 1. The van der Waals surface area contributed by atoms with E-state index in [1.54, 1.807) is 4.90 Å². The normalized spacial score (nSPS) is 20.1. The van der Waals surface area contributed by atoms with E-state index in [1.165, 1.54) is 0 Å². The number of nitrogens with zero attached hydrogens (tertiary/aromatic N) is 1. The second-order valence-corrected chi connectivity index (χ2v) is 5.62. The minimum Gasteiger partial charge on any atom is -0.330 e. The fourth-order valence-corrected chi connectivity index (χ4v) is 2.71. The van der Waals surface area contributed by atoms with Crippen LogP contribution >= 0.6 is 27.5 Å². The van der Waals surface area contributed by atoms with Crippen molar-refractivity contribution >= 4 is 39.1 Å². The molecule has 2 rings (SSSR count). The first-order valence-corrected chi connectivity index (χ1v) is 6.66. The van der Waals surface area contributed by atoms with Crippen LogP contribution in [0.25, 0.3) is 0 Å². The van der Waals surface area contributed by atoms with Gasteiger partial charge in [-0.2, -0.15) is 0 Å². The van der Waals surface area contributed by atoms with Gasteiger partial charge < -0.3 is 10.6 Å². The zero-order valence-corrected chi connectivity index (χ0v) is 11.9. The number of carbonyl (C=O) groups is 1. The molecule has 3 nitrogen and oxygen atoms in total. The highest BCUT2D eigenvalue weighted by Crippen LogP contribution is 2.34. The van der Waals surface area contributed by atoms with Gasteiger partial charge in [0.05, 0.1) is 5.02 Å². The third kappa shape index (κ3) is 2.49. The van der Waals surface area contributed by atoms with Crippen LogP contribution in [-0.2, 0) is 4.79 Å². The Morgan fingerprint density at radius 2 is 2.29 bits per heavy atom. The van der Waals surface area contributed by atoms with Crippen molar-refractivity contribution in [2.75, 3.05) is 18.0 Å². The second kappa shape index (κ2) is 4.96. The Balaban J connectivity index is 2.35. The van der Waals surface area contributed by atoms with Crippen LogP contribution in [0.1, 0.15) is 12.0 Å². The number of anilines is 1. The van der Waals surface area contributed by atoms with Crippen molar-refractivity contribution in [3.8, 4) is 0 Å². The van der Waals surface area contributed by atoms with Gasteiger partial charge in [-0.3, -0.25) is 4.79 Å². The fraction of sp³-hybridized carbons (Fsp3) is 0.417. The number of nitrogens with two attached hydrogens (primary N) is 1. The van der Waals surface area contributed by atoms with Gasteiger partial charge in [-0.15, -0.1) is 0 Å². The van der Waals surface area contributed by atoms with E-state index in [2.05, 4.69) is 15.9 Å². The van der Waals surface area contributed by atoms with Gasteiger partial charge in [0, 0.05) is 23.1 Å². The molecule has 1 aliphatic rings. The van der Waals surface area contributed by atoms with Gasteiger partial charge in [0.25, 0.3) is 0 Å². The SMILES string of the molecule is Cc1cc(Br)c(Cl)cc1N1CC(CN)CC1=O. The van der Waals surface area contributed by atoms with E-state index in [0.29, 0.717) is 24.5 Å². The summed E-state index contributed by atoms with van der Waals surface area (Å²) in [5, 5.41) is 0.620. The summed E-state index contributed by atoms with van der Waals surface area (Å²) in [6.45, 7) is 3.21. The van der Waals surface area contributed by atoms with Crippen LogP contribution in [0.3, 0.4) is 0 Å². The summed E-state index contributed by atoms with van der Waals surface area (Å²) in [5.74, 6) is 0.381. The Morgan fingerprint density at radius 1 is 1.59 bits per heavy atom. The summed E-state index contributed by atoms with van der Waals surface area (Å²) < 4.78 is 0.849. The summed E-state index contributed by atoms with van der Waals surface area (Å²) in [6.07, 6.45) is 0.531. The molecule has 17 heavy (non-hydrogen) atoms. The van der Waals surface area contributed by atoms with Crippen molar-refractivity contribution in [3.63, 3.8) is 0 Å². The Morgan fingerprint density at radius 3 is 2.88 bits per heavy atom. The lowest BCUT2D eigenvalue weighted by molar-refractivity contribution is -0.117. The summed E-state index contributed by atoms with van der Waals surface area (Å²) in [6, 6.07) is 3.76. The molecule has 0 aromatic heterocycles. The Kier molecular flexibility index (Phi) is 3.76. The first-order valence-electron chi connectivity index (χ1n) is 5.49. The molecule has 1 aromatic rings. The van der Waals surface area contributed by atoms with Gasteiger partial charge in [0.1, 0.15) is 0 Å². The van der Waals surface area contributed by atoms with Crippen LogP contribution < -0.4 is 10.6 Å². The highest BCUT2D eigenvalue weighted by Gasteiger charge is 2.30. The minimum absolute atomic E-state index is 0.127. The van der Waals surface area contributed by atoms with Crippen molar-refractivity contribution < 1.29 is 4.79 Å². The lowest BCUT2D eigenvalue weighted by Crippen LogP contribution is -2.26. The number of hydrogen-bond donors (Lipinski definition) is 1. The first-order chi connectivity index (χ1) is 8.02. The number of amides is 1. The average Bonchev–Trinajstić information content (AvgIpc) is 2.65. The van der Waals surface area contributed by atoms with Crippen LogP contribution in [0.15, 0.2) is 16.6 Å². The molecule has 1 aromatic carbocycles. The van der Waals surface area contributed by atoms with Gasteiger partial charge in [0.2, 0.25) is 5.91 Å². The number of halogens is 2. The van der Waals surface area contributed by atoms with Crippen LogP contribution in [0.4, 0.5) is 5.69 Å². The minimum atomic E-state index is 0.127. The van der Waals surface area contributed by atoms with Gasteiger partial charge in [-0.1, -0.05) is 11.6 Å². The molecule has 0 bridgehead atoms. The third-order valence-corrected chi connectivity index (χ3v) is 4.27. The molecule has 5 heteroatoms. The number of hydrogen-bond acceptors (Lipinski definition) is 2. The Bertz CT molecular complexity index is 464. The van der Waals surface area contributed by atoms with Crippen molar-refractivity contribution in [1.29, 1.82) is 0 Å².